The summed E-state index contributed by atoms with van der Waals surface area (Å²) >= 11 is 0. The fourth-order valence-electron chi connectivity index (χ4n) is 3.56. The average Bonchev–Trinajstić information content (AvgIpc) is 2.78. The molecule has 1 saturated heterocycles. The van der Waals surface area contributed by atoms with E-state index >= 15 is 0 Å². The van der Waals surface area contributed by atoms with Crippen molar-refractivity contribution in [1.29, 1.82) is 5.26 Å². The van der Waals surface area contributed by atoms with E-state index in [9.17, 15) is 4.79 Å². The van der Waals surface area contributed by atoms with Crippen LogP contribution in [0.4, 0.5) is 11.4 Å². The standard InChI is InChI=1S/C24H29N3O3/c1-3-17-13-19(15-22(14-17)26-21-9-11-29-12-10-21)23(24(28)30-4-2)27-20-7-5-18(16-25)6-8-20/h5-8,13-15,21,23,26-27H,3-4,9-12H2,1-2H3. The van der Waals surface area contributed by atoms with Gasteiger partial charge in [0.15, 0.2) is 6.04 Å². The average molecular weight is 408 g/mol. The van der Waals surface area contributed by atoms with Gasteiger partial charge in [-0.1, -0.05) is 13.0 Å². The molecule has 1 heterocycles. The van der Waals surface area contributed by atoms with Gasteiger partial charge in [0.25, 0.3) is 0 Å². The normalized spacial score (nSPS) is 15.1. The third kappa shape index (κ3) is 5.74. The van der Waals surface area contributed by atoms with Gasteiger partial charge in [0.2, 0.25) is 0 Å². The molecule has 0 saturated carbocycles. The number of benzene rings is 2. The second-order valence-electron chi connectivity index (χ2n) is 7.37. The van der Waals surface area contributed by atoms with E-state index in [0.717, 1.165) is 55.0 Å². The zero-order valence-corrected chi connectivity index (χ0v) is 17.6. The van der Waals surface area contributed by atoms with Crippen molar-refractivity contribution in [2.24, 2.45) is 0 Å². The van der Waals surface area contributed by atoms with Crippen molar-refractivity contribution >= 4 is 17.3 Å². The molecule has 2 aromatic rings. The highest BCUT2D eigenvalue weighted by molar-refractivity contribution is 5.81. The van der Waals surface area contributed by atoms with Crippen LogP contribution in [0, 0.1) is 11.3 Å². The predicted molar refractivity (Wildman–Crippen MR) is 117 cm³/mol. The van der Waals surface area contributed by atoms with Crippen molar-refractivity contribution < 1.29 is 14.3 Å². The maximum absolute atomic E-state index is 12.8. The maximum atomic E-state index is 12.8. The first kappa shape index (κ1) is 21.7. The van der Waals surface area contributed by atoms with Crippen LogP contribution in [0.2, 0.25) is 0 Å². The number of carbonyl (C=O) groups is 1. The molecule has 1 aliphatic rings. The van der Waals surface area contributed by atoms with Gasteiger partial charge < -0.3 is 20.1 Å². The topological polar surface area (TPSA) is 83.4 Å². The van der Waals surface area contributed by atoms with E-state index in [2.05, 4.69) is 29.7 Å². The third-order valence-corrected chi connectivity index (χ3v) is 5.20. The molecule has 158 valence electrons. The quantitative estimate of drug-likeness (QED) is 0.630. The lowest BCUT2D eigenvalue weighted by molar-refractivity contribution is -0.144. The van der Waals surface area contributed by atoms with Gasteiger partial charge in [-0.05, 0) is 73.7 Å². The maximum Gasteiger partial charge on any atom is 0.333 e. The van der Waals surface area contributed by atoms with E-state index in [0.29, 0.717) is 18.2 Å². The van der Waals surface area contributed by atoms with Crippen LogP contribution in [0.25, 0.3) is 0 Å². The van der Waals surface area contributed by atoms with Crippen LogP contribution in [0.1, 0.15) is 49.4 Å². The Hall–Kier alpha value is -3.04. The van der Waals surface area contributed by atoms with Gasteiger partial charge >= 0.3 is 5.97 Å². The molecule has 0 spiro atoms. The zero-order valence-electron chi connectivity index (χ0n) is 17.6. The molecule has 30 heavy (non-hydrogen) atoms. The summed E-state index contributed by atoms with van der Waals surface area (Å²) in [5.41, 5.74) is 4.34. The molecule has 1 fully saturated rings. The summed E-state index contributed by atoms with van der Waals surface area (Å²) in [5, 5.41) is 15.9. The number of carbonyl (C=O) groups excluding carboxylic acids is 1. The second-order valence-corrected chi connectivity index (χ2v) is 7.37. The molecule has 2 aromatic carbocycles. The minimum atomic E-state index is -0.639. The SMILES string of the molecule is CCOC(=O)C(Nc1ccc(C#N)cc1)c1cc(CC)cc(NC2CCOCC2)c1. The summed E-state index contributed by atoms with van der Waals surface area (Å²) in [6.07, 6.45) is 2.80. The van der Waals surface area contributed by atoms with Crippen LogP contribution in [0.15, 0.2) is 42.5 Å². The first-order valence-corrected chi connectivity index (χ1v) is 10.5. The minimum absolute atomic E-state index is 0.311. The molecule has 1 atom stereocenters. The highest BCUT2D eigenvalue weighted by Gasteiger charge is 2.23. The Labute approximate surface area is 178 Å². The second kappa shape index (κ2) is 10.7. The molecule has 6 nitrogen and oxygen atoms in total. The number of esters is 1. The van der Waals surface area contributed by atoms with E-state index in [-0.39, 0.29) is 5.97 Å². The Kier molecular flexibility index (Phi) is 7.69. The number of nitrogens with zero attached hydrogens (tertiary/aromatic N) is 1. The smallest absolute Gasteiger partial charge is 0.333 e. The van der Waals surface area contributed by atoms with Crippen LogP contribution in [-0.2, 0) is 20.7 Å². The number of aryl methyl sites for hydroxylation is 1. The zero-order chi connectivity index (χ0) is 21.3. The first-order valence-electron chi connectivity index (χ1n) is 10.5. The lowest BCUT2D eigenvalue weighted by atomic mass is 10.00. The molecular weight excluding hydrogens is 378 g/mol. The van der Waals surface area contributed by atoms with Gasteiger partial charge in [-0.3, -0.25) is 0 Å². The Morgan fingerprint density at radius 2 is 1.90 bits per heavy atom. The molecule has 0 bridgehead atoms. The molecule has 0 aliphatic carbocycles. The van der Waals surface area contributed by atoms with Crippen molar-refractivity contribution in [2.75, 3.05) is 30.5 Å². The third-order valence-electron chi connectivity index (χ3n) is 5.20. The van der Waals surface area contributed by atoms with Crippen LogP contribution in [0.3, 0.4) is 0 Å². The van der Waals surface area contributed by atoms with Crippen LogP contribution >= 0.6 is 0 Å². The Bertz CT molecular complexity index is 884. The first-order chi connectivity index (χ1) is 14.6. The van der Waals surface area contributed by atoms with Crippen LogP contribution < -0.4 is 10.6 Å². The number of nitrogens with one attached hydrogen (secondary N) is 2. The summed E-state index contributed by atoms with van der Waals surface area (Å²) in [7, 11) is 0. The highest BCUT2D eigenvalue weighted by Crippen LogP contribution is 2.27. The molecule has 0 aromatic heterocycles. The van der Waals surface area contributed by atoms with Crippen LogP contribution in [0.5, 0.6) is 0 Å². The number of anilines is 2. The summed E-state index contributed by atoms with van der Waals surface area (Å²) in [5.74, 6) is -0.327. The summed E-state index contributed by atoms with van der Waals surface area (Å²) < 4.78 is 10.8. The van der Waals surface area contributed by atoms with E-state index in [1.54, 1.807) is 31.2 Å². The van der Waals surface area contributed by atoms with Gasteiger partial charge in [-0.15, -0.1) is 0 Å². The van der Waals surface area contributed by atoms with Crippen molar-refractivity contribution in [1.82, 2.24) is 0 Å². The number of hydrogen-bond donors (Lipinski definition) is 2. The van der Waals surface area contributed by atoms with Crippen molar-refractivity contribution in [3.63, 3.8) is 0 Å². The lowest BCUT2D eigenvalue weighted by Gasteiger charge is -2.26. The Morgan fingerprint density at radius 3 is 2.53 bits per heavy atom. The fourth-order valence-corrected chi connectivity index (χ4v) is 3.56. The summed E-state index contributed by atoms with van der Waals surface area (Å²) in [6, 6.07) is 15.1. The van der Waals surface area contributed by atoms with Gasteiger partial charge in [0.1, 0.15) is 0 Å². The number of ether oxygens (including phenoxy) is 2. The molecule has 2 N–H and O–H groups in total. The van der Waals surface area contributed by atoms with Gasteiger partial charge in [0, 0.05) is 30.6 Å². The van der Waals surface area contributed by atoms with E-state index in [1.807, 2.05) is 12.1 Å². The molecule has 1 unspecified atom stereocenters. The van der Waals surface area contributed by atoms with Crippen molar-refractivity contribution in [3.05, 3.63) is 59.2 Å². The van der Waals surface area contributed by atoms with Crippen LogP contribution in [-0.4, -0.2) is 31.8 Å². The van der Waals surface area contributed by atoms with Crippen molar-refractivity contribution in [2.45, 2.75) is 45.2 Å². The largest absolute Gasteiger partial charge is 0.464 e. The van der Waals surface area contributed by atoms with E-state index < -0.39 is 6.04 Å². The molecule has 0 amide bonds. The molecule has 3 rings (SSSR count). The Morgan fingerprint density at radius 1 is 1.17 bits per heavy atom. The minimum Gasteiger partial charge on any atom is -0.464 e. The lowest BCUT2D eigenvalue weighted by Crippen LogP contribution is -2.28. The van der Waals surface area contributed by atoms with Gasteiger partial charge in [0.05, 0.1) is 18.2 Å². The highest BCUT2D eigenvalue weighted by atomic mass is 16.5. The van der Waals surface area contributed by atoms with E-state index in [1.165, 1.54) is 0 Å². The molecular formula is C24H29N3O3. The number of rotatable bonds is 8. The summed E-state index contributed by atoms with van der Waals surface area (Å²) in [6.45, 7) is 5.75. The predicted octanol–water partition coefficient (Wildman–Crippen LogP) is 4.43. The monoisotopic (exact) mass is 407 g/mol. The summed E-state index contributed by atoms with van der Waals surface area (Å²) in [4.78, 5) is 12.8. The van der Waals surface area contributed by atoms with Gasteiger partial charge in [-0.25, -0.2) is 4.79 Å². The number of hydrogen-bond acceptors (Lipinski definition) is 6. The molecule has 1 aliphatic heterocycles. The molecule has 6 heteroatoms. The fraction of sp³-hybridized carbons (Fsp3) is 0.417. The number of nitriles is 1. The Balaban J connectivity index is 1.89. The molecule has 0 radical (unpaired) electrons. The van der Waals surface area contributed by atoms with Gasteiger partial charge in [-0.2, -0.15) is 5.26 Å². The van der Waals surface area contributed by atoms with E-state index in [4.69, 9.17) is 14.7 Å². The van der Waals surface area contributed by atoms with Crippen molar-refractivity contribution in [3.8, 4) is 6.07 Å².